The van der Waals surface area contributed by atoms with Crippen molar-refractivity contribution in [3.05, 3.63) is 169 Å². The lowest BCUT2D eigenvalue weighted by Gasteiger charge is -2.43. The highest BCUT2D eigenvalue weighted by Crippen LogP contribution is 2.44. The third-order valence-corrected chi connectivity index (χ3v) is 15.5. The SMILES string of the molecule is C=CCOC(=O)C1C(O)C=C2CC(O)CC(O)C(O)CCC(O)CC(O)CC(=O)OC(C)C(C)C(O)C(C)/C=C/C=C/C=C/C=C/C=C/C=C/C=C/C(OC3OC(C)C(O)C(NC(=O)OCC4c5ccccc5-c5ccccc54)C3O)CC1O2. The summed E-state index contributed by atoms with van der Waals surface area (Å²) in [6, 6.07) is 14.3. The number of alkyl carbamates (subject to hydrolysis) is 1. The molecule has 84 heavy (non-hydrogen) atoms. The highest BCUT2D eigenvalue weighted by molar-refractivity contribution is 5.79. The van der Waals surface area contributed by atoms with Gasteiger partial charge in [-0.15, -0.1) is 0 Å². The molecule has 1 aliphatic carbocycles. The van der Waals surface area contributed by atoms with Gasteiger partial charge in [-0.1, -0.05) is 160 Å². The predicted molar refractivity (Wildman–Crippen MR) is 313 cm³/mol. The van der Waals surface area contributed by atoms with Crippen LogP contribution in [0.4, 0.5) is 4.79 Å². The molecule has 19 nitrogen and oxygen atoms in total. The second-order valence-electron chi connectivity index (χ2n) is 22.0. The Balaban J connectivity index is 1.21. The van der Waals surface area contributed by atoms with Crippen molar-refractivity contribution in [2.75, 3.05) is 13.2 Å². The Bertz CT molecular complexity index is 2650. The van der Waals surface area contributed by atoms with Crippen LogP contribution in [0.5, 0.6) is 0 Å². The standard InChI is InChI=1S/C65H85NO18/c1-6-31-79-63(77)58-55(72)36-47-33-45(69)34-54(71)53(70)30-29-43(67)32-44(68)35-57(73)81-41(4)40(3)60(74)39(2)23-17-15-13-11-9-7-8-10-12-14-16-18-24-46(37-56(58)83-47)84-64-62(76)59(61(75)42(5)82-64)66-65(78)80-38-52-50-27-21-19-25-48(50)49-26-20-22-28-51(49)52/h6-28,36,39-46,52-56,58-62,64,67-72,74-76H,1,29-35,37-38H2,2-5H3,(H,66,78)/b8-7+,11-9+,12-10+,15-13+,16-14+,23-17+,24-18+. The van der Waals surface area contributed by atoms with E-state index in [0.717, 1.165) is 22.3 Å². The van der Waals surface area contributed by atoms with E-state index in [1.54, 1.807) is 62.5 Å². The average Bonchev–Trinajstić information content (AvgIpc) is 3.90. The molecule has 1 saturated heterocycles. The fourth-order valence-corrected chi connectivity index (χ4v) is 10.7. The molecule has 10 N–H and O–H groups in total. The Kier molecular flexibility index (Phi) is 26.6. The minimum absolute atomic E-state index is 0.0248. The summed E-state index contributed by atoms with van der Waals surface area (Å²) in [6.07, 6.45) is 6.80. The van der Waals surface area contributed by atoms with Crippen LogP contribution in [0, 0.1) is 17.8 Å². The summed E-state index contributed by atoms with van der Waals surface area (Å²) >= 11 is 0. The van der Waals surface area contributed by atoms with Crippen LogP contribution >= 0.6 is 0 Å². The van der Waals surface area contributed by atoms with Crippen molar-refractivity contribution in [3.63, 3.8) is 0 Å². The maximum absolute atomic E-state index is 13.7. The number of benzene rings is 2. The van der Waals surface area contributed by atoms with Crippen molar-refractivity contribution >= 4 is 18.0 Å². The van der Waals surface area contributed by atoms with E-state index in [1.807, 2.05) is 91.9 Å². The van der Waals surface area contributed by atoms with Gasteiger partial charge in [0.05, 0.1) is 73.2 Å². The Morgan fingerprint density at radius 2 is 1.23 bits per heavy atom. The molecule has 3 aliphatic heterocycles. The van der Waals surface area contributed by atoms with E-state index in [4.69, 9.17) is 28.4 Å². The fourth-order valence-electron chi connectivity index (χ4n) is 10.7. The van der Waals surface area contributed by atoms with Crippen LogP contribution in [-0.2, 0) is 38.0 Å². The number of aliphatic hydroxyl groups excluding tert-OH is 9. The number of carbonyl (C=O) groups excluding carboxylic acids is 3. The number of rotatable bonds is 8. The zero-order valence-electron chi connectivity index (χ0n) is 48.1. The lowest BCUT2D eigenvalue weighted by molar-refractivity contribution is -0.280. The summed E-state index contributed by atoms with van der Waals surface area (Å²) in [5.74, 6) is -3.92. The summed E-state index contributed by atoms with van der Waals surface area (Å²) < 4.78 is 35.5. The van der Waals surface area contributed by atoms with E-state index in [2.05, 4.69) is 11.9 Å². The van der Waals surface area contributed by atoms with Gasteiger partial charge in [0.2, 0.25) is 0 Å². The van der Waals surface area contributed by atoms with Crippen molar-refractivity contribution < 1.29 is 88.8 Å². The molecule has 2 bridgehead atoms. The van der Waals surface area contributed by atoms with Crippen LogP contribution in [0.2, 0.25) is 0 Å². The van der Waals surface area contributed by atoms with Gasteiger partial charge in [0.15, 0.2) is 6.29 Å². The molecule has 19 heteroatoms. The Morgan fingerprint density at radius 1 is 0.643 bits per heavy atom. The number of nitrogens with one attached hydrogen (secondary N) is 1. The quantitative estimate of drug-likeness (QED) is 0.0856. The third kappa shape index (κ3) is 19.6. The zero-order chi connectivity index (χ0) is 60.9. The van der Waals surface area contributed by atoms with Gasteiger partial charge in [0.25, 0.3) is 0 Å². The largest absolute Gasteiger partial charge is 0.494 e. The van der Waals surface area contributed by atoms with E-state index in [-0.39, 0.29) is 69.3 Å². The van der Waals surface area contributed by atoms with Crippen molar-refractivity contribution in [1.82, 2.24) is 5.32 Å². The molecule has 6 rings (SSSR count). The van der Waals surface area contributed by atoms with E-state index in [1.165, 1.54) is 19.1 Å². The molecule has 3 heterocycles. The van der Waals surface area contributed by atoms with Gasteiger partial charge in [0, 0.05) is 37.0 Å². The lowest BCUT2D eigenvalue weighted by Crippen LogP contribution is -2.64. The van der Waals surface area contributed by atoms with E-state index in [9.17, 15) is 60.3 Å². The summed E-state index contributed by atoms with van der Waals surface area (Å²) in [5.41, 5.74) is 4.05. The summed E-state index contributed by atoms with van der Waals surface area (Å²) in [7, 11) is 0. The van der Waals surface area contributed by atoms with Gasteiger partial charge >= 0.3 is 18.0 Å². The number of esters is 2. The number of ether oxygens (including phenoxy) is 6. The van der Waals surface area contributed by atoms with Gasteiger partial charge in [-0.05, 0) is 61.4 Å². The number of aliphatic hydroxyl groups is 9. The molecule has 1 fully saturated rings. The first-order chi connectivity index (χ1) is 40.3. The van der Waals surface area contributed by atoms with E-state index in [0.29, 0.717) is 0 Å². The molecule has 0 spiro atoms. The van der Waals surface area contributed by atoms with Crippen molar-refractivity contribution in [2.45, 2.75) is 170 Å². The number of amides is 1. The molecule has 18 atom stereocenters. The monoisotopic (exact) mass is 1170 g/mol. The summed E-state index contributed by atoms with van der Waals surface area (Å²) in [5, 5.41) is 103. The smallest absolute Gasteiger partial charge is 0.407 e. The number of cyclic esters (lactones) is 1. The summed E-state index contributed by atoms with van der Waals surface area (Å²) in [6.45, 7) is 10.2. The molecule has 2 aromatic rings. The topological polar surface area (TPSA) is 301 Å². The minimum atomic E-state index is -1.69. The van der Waals surface area contributed by atoms with Crippen molar-refractivity contribution in [1.29, 1.82) is 0 Å². The first-order valence-corrected chi connectivity index (χ1v) is 28.8. The van der Waals surface area contributed by atoms with Gasteiger partial charge in [-0.3, -0.25) is 9.59 Å². The Labute approximate surface area is 491 Å². The summed E-state index contributed by atoms with van der Waals surface area (Å²) in [4.78, 5) is 40.0. The number of hydrogen-bond acceptors (Lipinski definition) is 18. The van der Waals surface area contributed by atoms with Crippen LogP contribution < -0.4 is 5.32 Å². The molecule has 2 aromatic carbocycles. The molecule has 4 aliphatic rings. The van der Waals surface area contributed by atoms with Crippen LogP contribution in [0.3, 0.4) is 0 Å². The van der Waals surface area contributed by atoms with E-state index >= 15 is 0 Å². The first-order valence-electron chi connectivity index (χ1n) is 28.8. The Morgan fingerprint density at radius 3 is 1.85 bits per heavy atom. The molecule has 1 amide bonds. The lowest BCUT2D eigenvalue weighted by atomic mass is 9.88. The van der Waals surface area contributed by atoms with Crippen LogP contribution in [0.1, 0.15) is 89.7 Å². The maximum atomic E-state index is 13.7. The molecular weight excluding hydrogens is 1080 g/mol. The molecule has 18 unspecified atom stereocenters. The number of allylic oxidation sites excluding steroid dienone is 12. The molecule has 458 valence electrons. The molecular formula is C65H85NO18. The zero-order valence-corrected chi connectivity index (χ0v) is 48.1. The van der Waals surface area contributed by atoms with Gasteiger partial charge < -0.3 is 79.7 Å². The van der Waals surface area contributed by atoms with Crippen LogP contribution in [0.25, 0.3) is 11.1 Å². The predicted octanol–water partition coefficient (Wildman–Crippen LogP) is 5.74. The molecule has 0 saturated carbocycles. The van der Waals surface area contributed by atoms with Gasteiger partial charge in [0.1, 0.15) is 43.5 Å². The average molecular weight is 1170 g/mol. The van der Waals surface area contributed by atoms with Crippen LogP contribution in [0.15, 0.2) is 158 Å². The van der Waals surface area contributed by atoms with E-state index < -0.39 is 128 Å². The first kappa shape index (κ1) is 66.8. The number of fused-ring (bicyclic) bond motifs is 5. The second kappa shape index (κ2) is 33.4. The third-order valence-electron chi connectivity index (χ3n) is 15.5. The maximum Gasteiger partial charge on any atom is 0.407 e. The van der Waals surface area contributed by atoms with Crippen molar-refractivity contribution in [2.24, 2.45) is 17.8 Å². The fraction of sp³-hybridized carbons (Fsp3) is 0.492. The number of hydrogen-bond donors (Lipinski definition) is 10. The van der Waals surface area contributed by atoms with Crippen molar-refractivity contribution in [3.8, 4) is 11.1 Å². The number of carbonyl (C=O) groups is 3. The highest BCUT2D eigenvalue weighted by Gasteiger charge is 2.47. The second-order valence-corrected chi connectivity index (χ2v) is 22.0. The van der Waals surface area contributed by atoms with Gasteiger partial charge in [-0.25, -0.2) is 4.79 Å². The highest BCUT2D eigenvalue weighted by atomic mass is 16.7. The molecule has 0 radical (unpaired) electrons. The molecule has 0 aromatic heterocycles. The normalized spacial score (nSPS) is 36.2. The van der Waals surface area contributed by atoms with Gasteiger partial charge in [-0.2, -0.15) is 0 Å². The Hall–Kier alpha value is -6.33. The van der Waals surface area contributed by atoms with Crippen LogP contribution in [-0.4, -0.2) is 169 Å². The minimum Gasteiger partial charge on any atom is -0.494 e.